The van der Waals surface area contributed by atoms with Gasteiger partial charge in [0.25, 0.3) is 0 Å². The first-order valence-corrected chi connectivity index (χ1v) is 7.68. The zero-order valence-electron chi connectivity index (χ0n) is 13.8. The number of carbonyl (C=O) groups excluding carboxylic acids is 2. The van der Waals surface area contributed by atoms with Crippen molar-refractivity contribution in [2.75, 3.05) is 32.5 Å². The molecule has 6 nitrogen and oxygen atoms in total. The normalized spacial score (nSPS) is 13.0. The zero-order chi connectivity index (χ0) is 18.3. The highest BCUT2D eigenvalue weighted by Crippen LogP contribution is 2.40. The summed E-state index contributed by atoms with van der Waals surface area (Å²) >= 11 is 0. The summed E-state index contributed by atoms with van der Waals surface area (Å²) in [6.07, 6.45) is 0. The summed E-state index contributed by atoms with van der Waals surface area (Å²) in [6, 6.07) is 4.72. The molecule has 0 bridgehead atoms. The van der Waals surface area contributed by atoms with Crippen LogP contribution in [0.2, 0.25) is 0 Å². The summed E-state index contributed by atoms with van der Waals surface area (Å²) in [6.45, 7) is 1.14. The molecular formula is C18H17FN2O4. The highest BCUT2D eigenvalue weighted by molar-refractivity contribution is 6.31. The van der Waals surface area contributed by atoms with Crippen LogP contribution in [0.5, 0.6) is 11.5 Å². The molecule has 0 amide bonds. The van der Waals surface area contributed by atoms with Gasteiger partial charge in [0.2, 0.25) is 11.6 Å². The number of hydrogen-bond donors (Lipinski definition) is 3. The van der Waals surface area contributed by atoms with E-state index in [2.05, 4.69) is 5.32 Å². The third kappa shape index (κ3) is 2.72. The lowest BCUT2D eigenvalue weighted by molar-refractivity contribution is 0.0971. The van der Waals surface area contributed by atoms with E-state index in [4.69, 9.17) is 0 Å². The SMILES string of the molecule is CN(C)CCNc1ccc(F)c2c1C(=O)c1c(O)ccc(O)c1C2=O. The number of aromatic hydroxyl groups is 2. The van der Waals surface area contributed by atoms with E-state index in [0.717, 1.165) is 18.2 Å². The van der Waals surface area contributed by atoms with Gasteiger partial charge >= 0.3 is 0 Å². The number of likely N-dealkylation sites (N-methyl/N-ethyl adjacent to an activating group) is 1. The van der Waals surface area contributed by atoms with E-state index < -0.39 is 34.4 Å². The van der Waals surface area contributed by atoms with Gasteiger partial charge in [-0.3, -0.25) is 9.59 Å². The van der Waals surface area contributed by atoms with Crippen LogP contribution in [0.4, 0.5) is 10.1 Å². The summed E-state index contributed by atoms with van der Waals surface area (Å²) in [4.78, 5) is 27.5. The van der Waals surface area contributed by atoms with E-state index >= 15 is 0 Å². The Bertz CT molecular complexity index is 893. The lowest BCUT2D eigenvalue weighted by atomic mass is 9.82. The van der Waals surface area contributed by atoms with Crippen molar-refractivity contribution in [3.63, 3.8) is 0 Å². The molecule has 2 aromatic carbocycles. The van der Waals surface area contributed by atoms with Crippen LogP contribution in [0.1, 0.15) is 31.8 Å². The third-order valence-electron chi connectivity index (χ3n) is 4.10. The van der Waals surface area contributed by atoms with E-state index in [1.54, 1.807) is 0 Å². The molecule has 0 unspecified atom stereocenters. The van der Waals surface area contributed by atoms with Gasteiger partial charge in [0.1, 0.15) is 17.3 Å². The van der Waals surface area contributed by atoms with Gasteiger partial charge in [-0.1, -0.05) is 0 Å². The molecule has 0 saturated heterocycles. The Labute approximate surface area is 143 Å². The topological polar surface area (TPSA) is 89.9 Å². The van der Waals surface area contributed by atoms with Gasteiger partial charge in [-0.05, 0) is 38.4 Å². The number of hydrogen-bond acceptors (Lipinski definition) is 6. The molecule has 0 aromatic heterocycles. The highest BCUT2D eigenvalue weighted by atomic mass is 19.1. The number of phenolic OH excluding ortho intramolecular Hbond substituents is 2. The predicted octanol–water partition coefficient (Wildman–Crippen LogP) is 1.99. The molecule has 3 rings (SSSR count). The van der Waals surface area contributed by atoms with E-state index in [9.17, 15) is 24.2 Å². The Balaban J connectivity index is 2.16. The number of phenols is 2. The number of carbonyl (C=O) groups is 2. The van der Waals surface area contributed by atoms with Crippen LogP contribution in [0, 0.1) is 5.82 Å². The Morgan fingerprint density at radius 3 is 2.04 bits per heavy atom. The number of nitrogens with one attached hydrogen (secondary N) is 1. The monoisotopic (exact) mass is 344 g/mol. The second kappa shape index (κ2) is 6.18. The molecule has 130 valence electrons. The van der Waals surface area contributed by atoms with Crippen molar-refractivity contribution < 1.29 is 24.2 Å². The third-order valence-corrected chi connectivity index (χ3v) is 4.10. The van der Waals surface area contributed by atoms with E-state index in [1.807, 2.05) is 19.0 Å². The molecule has 25 heavy (non-hydrogen) atoms. The number of anilines is 1. The Morgan fingerprint density at radius 1 is 0.920 bits per heavy atom. The van der Waals surface area contributed by atoms with Crippen LogP contribution in [0.15, 0.2) is 24.3 Å². The van der Waals surface area contributed by atoms with Gasteiger partial charge in [-0.15, -0.1) is 0 Å². The van der Waals surface area contributed by atoms with E-state index in [0.29, 0.717) is 18.8 Å². The molecule has 0 saturated carbocycles. The molecule has 0 spiro atoms. The largest absolute Gasteiger partial charge is 0.507 e. The van der Waals surface area contributed by atoms with E-state index in [1.165, 1.54) is 6.07 Å². The Morgan fingerprint density at radius 2 is 1.48 bits per heavy atom. The molecule has 0 fully saturated rings. The maximum Gasteiger partial charge on any atom is 0.201 e. The molecule has 0 atom stereocenters. The fraction of sp³-hybridized carbons (Fsp3) is 0.222. The fourth-order valence-electron chi connectivity index (χ4n) is 2.89. The van der Waals surface area contributed by atoms with Crippen molar-refractivity contribution in [3.8, 4) is 11.5 Å². The number of ketones is 2. The van der Waals surface area contributed by atoms with Crippen molar-refractivity contribution in [2.45, 2.75) is 0 Å². The Hall–Kier alpha value is -2.93. The number of halogens is 1. The molecule has 0 aliphatic heterocycles. The second-order valence-corrected chi connectivity index (χ2v) is 6.09. The molecule has 1 aliphatic rings. The number of benzene rings is 2. The van der Waals surface area contributed by atoms with Crippen LogP contribution >= 0.6 is 0 Å². The first-order chi connectivity index (χ1) is 11.8. The first-order valence-electron chi connectivity index (χ1n) is 7.68. The van der Waals surface area contributed by atoms with E-state index in [-0.39, 0.29) is 16.7 Å². The van der Waals surface area contributed by atoms with Gasteiger partial charge in [0, 0.05) is 18.8 Å². The maximum atomic E-state index is 14.3. The molecule has 3 N–H and O–H groups in total. The standard InChI is InChI=1S/C18H17FN2O4/c1-21(2)8-7-20-10-4-3-9(19)13-14(10)18(25)16-12(23)6-5-11(22)15(16)17(13)24/h3-6,20,22-23H,7-8H2,1-2H3. The minimum absolute atomic E-state index is 0.128. The van der Waals surface area contributed by atoms with Crippen LogP contribution in [-0.4, -0.2) is 53.9 Å². The van der Waals surface area contributed by atoms with Gasteiger partial charge in [-0.25, -0.2) is 4.39 Å². The molecular weight excluding hydrogens is 327 g/mol. The van der Waals surface area contributed by atoms with Crippen LogP contribution in [-0.2, 0) is 0 Å². The van der Waals surface area contributed by atoms with Crippen molar-refractivity contribution in [1.82, 2.24) is 4.90 Å². The average Bonchev–Trinajstić information content (AvgIpc) is 2.55. The van der Waals surface area contributed by atoms with Crippen molar-refractivity contribution in [3.05, 3.63) is 52.3 Å². The van der Waals surface area contributed by atoms with Crippen LogP contribution in [0.25, 0.3) is 0 Å². The highest BCUT2D eigenvalue weighted by Gasteiger charge is 2.38. The summed E-state index contributed by atoms with van der Waals surface area (Å²) in [5, 5.41) is 22.9. The van der Waals surface area contributed by atoms with Crippen LogP contribution < -0.4 is 5.32 Å². The molecule has 0 radical (unpaired) electrons. The number of nitrogens with zero attached hydrogens (tertiary/aromatic N) is 1. The van der Waals surface area contributed by atoms with Gasteiger partial charge < -0.3 is 20.4 Å². The maximum absolute atomic E-state index is 14.3. The van der Waals surface area contributed by atoms with Crippen molar-refractivity contribution >= 4 is 17.3 Å². The molecule has 0 heterocycles. The molecule has 2 aromatic rings. The van der Waals surface area contributed by atoms with Gasteiger partial charge in [-0.2, -0.15) is 0 Å². The summed E-state index contributed by atoms with van der Waals surface area (Å²) in [5.41, 5.74) is -0.893. The smallest absolute Gasteiger partial charge is 0.201 e. The number of rotatable bonds is 4. The predicted molar refractivity (Wildman–Crippen MR) is 90.1 cm³/mol. The minimum atomic E-state index is -0.847. The van der Waals surface area contributed by atoms with Gasteiger partial charge in [0.05, 0.1) is 22.3 Å². The molecule has 7 heteroatoms. The van der Waals surface area contributed by atoms with Crippen molar-refractivity contribution in [1.29, 1.82) is 0 Å². The lowest BCUT2D eigenvalue weighted by Gasteiger charge is -2.23. The number of fused-ring (bicyclic) bond motifs is 2. The summed E-state index contributed by atoms with van der Waals surface area (Å²) in [7, 11) is 3.76. The quantitative estimate of drug-likeness (QED) is 0.627. The van der Waals surface area contributed by atoms with Gasteiger partial charge in [0.15, 0.2) is 0 Å². The first kappa shape index (κ1) is 16.9. The van der Waals surface area contributed by atoms with Crippen molar-refractivity contribution in [2.24, 2.45) is 0 Å². The average molecular weight is 344 g/mol. The zero-order valence-corrected chi connectivity index (χ0v) is 13.8. The minimum Gasteiger partial charge on any atom is -0.507 e. The van der Waals surface area contributed by atoms with Crippen LogP contribution in [0.3, 0.4) is 0 Å². The Kier molecular flexibility index (Phi) is 4.18. The second-order valence-electron chi connectivity index (χ2n) is 6.09. The lowest BCUT2D eigenvalue weighted by Crippen LogP contribution is -2.26. The molecule has 1 aliphatic carbocycles. The fourth-order valence-corrected chi connectivity index (χ4v) is 2.89. The summed E-state index contributed by atoms with van der Waals surface area (Å²) < 4.78 is 14.3. The summed E-state index contributed by atoms with van der Waals surface area (Å²) in [5.74, 6) is -3.28.